The molecule has 0 aromatic carbocycles. The van der Waals surface area contributed by atoms with Crippen LogP contribution in [0, 0.1) is 0 Å². The minimum atomic E-state index is -0.526. The second-order valence-corrected chi connectivity index (χ2v) is 3.68. The third kappa shape index (κ3) is 7.06. The molecule has 0 unspecified atom stereocenters. The van der Waals surface area contributed by atoms with Crippen molar-refractivity contribution in [2.75, 3.05) is 31.2 Å². The van der Waals surface area contributed by atoms with Gasteiger partial charge in [0, 0.05) is 0 Å². The van der Waals surface area contributed by atoms with Gasteiger partial charge in [-0.15, -0.1) is 0 Å². The predicted octanol–water partition coefficient (Wildman–Crippen LogP) is -1.88. The Morgan fingerprint density at radius 1 is 1.38 bits per heavy atom. The van der Waals surface area contributed by atoms with Crippen LogP contribution in [0.1, 0.15) is 13.8 Å². The van der Waals surface area contributed by atoms with Crippen LogP contribution in [0.5, 0.6) is 0 Å². The Labute approximate surface area is 90.4 Å². The molecule has 0 fully saturated rings. The first-order valence-corrected chi connectivity index (χ1v) is 7.33. The number of alkyl halides is 1. The topological polar surface area (TPSA) is 38.8 Å². The van der Waals surface area contributed by atoms with E-state index in [4.69, 9.17) is 7.80 Å². The monoisotopic (exact) mass is 302 g/mol. The van der Waals surface area contributed by atoms with Gasteiger partial charge in [-0.05, 0) is 0 Å². The molecule has 4 nitrogen and oxygen atoms in total. The molecule has 0 rings (SSSR count). The van der Waals surface area contributed by atoms with Crippen LogP contribution in [-0.4, -0.2) is 42.2 Å². The summed E-state index contributed by atoms with van der Waals surface area (Å²) in [6.45, 7) is 7.33. The number of hydrogen-bond acceptors (Lipinski definition) is 4. The SMILES string of the molecule is CCN(CC)CCOC(=O)O[I-]C. The number of halogens is 1. The fourth-order valence-corrected chi connectivity index (χ4v) is 1.37. The molecule has 0 bridgehead atoms. The molecule has 0 N–H and O–H groups in total. The zero-order chi connectivity index (χ0) is 10.1. The van der Waals surface area contributed by atoms with Crippen molar-refractivity contribution in [2.45, 2.75) is 13.8 Å². The molecular formula is C8H17INO3-. The Bertz CT molecular complexity index is 139. The second-order valence-electron chi connectivity index (χ2n) is 2.36. The van der Waals surface area contributed by atoms with Crippen molar-refractivity contribution in [2.24, 2.45) is 0 Å². The number of rotatable bonds is 6. The summed E-state index contributed by atoms with van der Waals surface area (Å²) in [5.74, 6) is 0. The molecular weight excluding hydrogens is 285 g/mol. The maximum absolute atomic E-state index is 10.8. The van der Waals surface area contributed by atoms with E-state index in [1.165, 1.54) is 0 Å². The van der Waals surface area contributed by atoms with E-state index in [0.29, 0.717) is 6.61 Å². The fraction of sp³-hybridized carbons (Fsp3) is 0.875. The van der Waals surface area contributed by atoms with Gasteiger partial charge in [0.15, 0.2) is 0 Å². The van der Waals surface area contributed by atoms with E-state index >= 15 is 0 Å². The molecule has 0 spiro atoms. The molecule has 0 aliphatic rings. The van der Waals surface area contributed by atoms with Crippen LogP contribution < -0.4 is 21.6 Å². The molecule has 0 aromatic heterocycles. The summed E-state index contributed by atoms with van der Waals surface area (Å²) in [6.07, 6.45) is -0.526. The van der Waals surface area contributed by atoms with E-state index in [1.807, 2.05) is 4.93 Å². The number of nitrogens with zero attached hydrogens (tertiary/aromatic N) is 1. The van der Waals surface area contributed by atoms with Gasteiger partial charge < -0.3 is 0 Å². The average molecular weight is 302 g/mol. The van der Waals surface area contributed by atoms with Crippen molar-refractivity contribution >= 4 is 6.16 Å². The van der Waals surface area contributed by atoms with Crippen LogP contribution in [0.25, 0.3) is 0 Å². The number of hydrogen-bond donors (Lipinski definition) is 0. The first-order valence-electron chi connectivity index (χ1n) is 4.30. The van der Waals surface area contributed by atoms with Crippen LogP contribution in [0.2, 0.25) is 0 Å². The van der Waals surface area contributed by atoms with E-state index in [1.54, 1.807) is 0 Å². The quantitative estimate of drug-likeness (QED) is 0.327. The molecule has 0 amide bonds. The molecule has 0 aliphatic heterocycles. The Kier molecular flexibility index (Phi) is 8.53. The van der Waals surface area contributed by atoms with Crippen LogP contribution >= 0.6 is 0 Å². The summed E-state index contributed by atoms with van der Waals surface area (Å²) in [6, 6.07) is 0. The van der Waals surface area contributed by atoms with Gasteiger partial charge in [-0.25, -0.2) is 0 Å². The average Bonchev–Trinajstić information content (AvgIpc) is 2.13. The third-order valence-electron chi connectivity index (χ3n) is 1.66. The van der Waals surface area contributed by atoms with Gasteiger partial charge in [-0.3, -0.25) is 0 Å². The van der Waals surface area contributed by atoms with Gasteiger partial charge in [-0.2, -0.15) is 0 Å². The van der Waals surface area contributed by atoms with Gasteiger partial charge >= 0.3 is 90.3 Å². The van der Waals surface area contributed by atoms with E-state index in [2.05, 4.69) is 18.7 Å². The third-order valence-corrected chi connectivity index (χ3v) is 2.46. The van der Waals surface area contributed by atoms with E-state index in [9.17, 15) is 4.79 Å². The molecule has 80 valence electrons. The van der Waals surface area contributed by atoms with Crippen molar-refractivity contribution in [3.63, 3.8) is 0 Å². The molecule has 5 heteroatoms. The summed E-state index contributed by atoms with van der Waals surface area (Å²) < 4.78 is 9.56. The van der Waals surface area contributed by atoms with Crippen molar-refractivity contribution in [1.29, 1.82) is 0 Å². The van der Waals surface area contributed by atoms with E-state index in [0.717, 1.165) is 19.6 Å². The molecule has 0 saturated heterocycles. The maximum atomic E-state index is 10.8. The van der Waals surface area contributed by atoms with Gasteiger partial charge in [0.1, 0.15) is 0 Å². The predicted molar refractivity (Wildman–Crippen MR) is 46.1 cm³/mol. The zero-order valence-corrected chi connectivity index (χ0v) is 10.5. The summed E-state index contributed by atoms with van der Waals surface area (Å²) in [5.41, 5.74) is 0. The molecule has 0 atom stereocenters. The Hall–Kier alpha value is -0.0400. The Morgan fingerprint density at radius 2 is 2.00 bits per heavy atom. The van der Waals surface area contributed by atoms with Gasteiger partial charge in [0.25, 0.3) is 0 Å². The molecule has 0 aromatic rings. The van der Waals surface area contributed by atoms with Crippen molar-refractivity contribution < 1.29 is 34.2 Å². The van der Waals surface area contributed by atoms with Crippen molar-refractivity contribution in [3.05, 3.63) is 0 Å². The zero-order valence-electron chi connectivity index (χ0n) is 8.38. The summed E-state index contributed by atoms with van der Waals surface area (Å²) in [4.78, 5) is 14.8. The van der Waals surface area contributed by atoms with E-state index in [-0.39, 0.29) is 0 Å². The van der Waals surface area contributed by atoms with Crippen LogP contribution in [0.15, 0.2) is 0 Å². The first kappa shape index (κ1) is 13.0. The fourth-order valence-electron chi connectivity index (χ4n) is 0.883. The second kappa shape index (κ2) is 8.55. The van der Waals surface area contributed by atoms with E-state index < -0.39 is 27.8 Å². The van der Waals surface area contributed by atoms with Crippen molar-refractivity contribution in [3.8, 4) is 0 Å². The molecule has 0 heterocycles. The summed E-state index contributed by atoms with van der Waals surface area (Å²) in [7, 11) is 0. The van der Waals surface area contributed by atoms with Gasteiger partial charge in [-0.1, -0.05) is 0 Å². The van der Waals surface area contributed by atoms with Crippen LogP contribution in [-0.2, 0) is 7.80 Å². The number of carbonyl (C=O) groups excluding carboxylic acids is 1. The molecule has 0 saturated carbocycles. The molecule has 0 radical (unpaired) electrons. The number of likely N-dealkylation sites (N-methyl/N-ethyl adjacent to an activating group) is 1. The Morgan fingerprint density at radius 3 is 2.46 bits per heavy atom. The minimum absolute atomic E-state index is 0.421. The van der Waals surface area contributed by atoms with Gasteiger partial charge in [0.05, 0.1) is 0 Å². The van der Waals surface area contributed by atoms with Crippen LogP contribution in [0.3, 0.4) is 0 Å². The first-order chi connectivity index (χ1) is 6.24. The standard InChI is InChI=1S/C8H17INO3/c1-4-10(5-2)6-7-12-8(11)13-9-3/h4-7H2,1-3H3/q-1. The van der Waals surface area contributed by atoms with Gasteiger partial charge in [0.2, 0.25) is 0 Å². The number of ether oxygens (including phenoxy) is 1. The molecule has 13 heavy (non-hydrogen) atoms. The molecule has 0 aliphatic carbocycles. The Balaban J connectivity index is 3.37. The van der Waals surface area contributed by atoms with Crippen molar-refractivity contribution in [1.82, 2.24) is 4.90 Å². The number of carbonyl (C=O) groups is 1. The summed E-state index contributed by atoms with van der Waals surface area (Å²) >= 11 is -0.462. The normalized spacial score (nSPS) is 10.5. The summed E-state index contributed by atoms with van der Waals surface area (Å²) in [5, 5.41) is 0. The van der Waals surface area contributed by atoms with Crippen LogP contribution in [0.4, 0.5) is 4.79 Å².